The summed E-state index contributed by atoms with van der Waals surface area (Å²) in [5, 5.41) is 5.65. The van der Waals surface area contributed by atoms with Gasteiger partial charge in [0.25, 0.3) is 0 Å². The molecule has 0 spiro atoms. The Kier molecular flexibility index (Phi) is 2.83. The lowest BCUT2D eigenvalue weighted by Crippen LogP contribution is -2.55. The summed E-state index contributed by atoms with van der Waals surface area (Å²) < 4.78 is 0. The van der Waals surface area contributed by atoms with E-state index in [0.717, 1.165) is 5.56 Å². The van der Waals surface area contributed by atoms with E-state index in [4.69, 9.17) is 5.73 Å². The Morgan fingerprint density at radius 2 is 2.06 bits per heavy atom. The van der Waals surface area contributed by atoms with Crippen LogP contribution in [0, 0.1) is 0 Å². The van der Waals surface area contributed by atoms with Gasteiger partial charge < -0.3 is 16.4 Å². The molecule has 0 aromatic heterocycles. The maximum Gasteiger partial charge on any atom is 0.314 e. The lowest BCUT2D eigenvalue weighted by Gasteiger charge is -2.35. The molecule has 0 radical (unpaired) electrons. The third-order valence-electron chi connectivity index (χ3n) is 3.14. The van der Waals surface area contributed by atoms with E-state index in [1.165, 1.54) is 5.56 Å². The SMILES string of the molecule is CC1(c2cccc(CN)c2)CNC(=O)NC1. The van der Waals surface area contributed by atoms with Crippen molar-refractivity contribution in [3.8, 4) is 0 Å². The van der Waals surface area contributed by atoms with E-state index in [2.05, 4.69) is 29.7 Å². The van der Waals surface area contributed by atoms with E-state index < -0.39 is 0 Å². The van der Waals surface area contributed by atoms with Crippen molar-refractivity contribution < 1.29 is 4.79 Å². The summed E-state index contributed by atoms with van der Waals surface area (Å²) in [5.41, 5.74) is 7.90. The van der Waals surface area contributed by atoms with Crippen LogP contribution in [0.15, 0.2) is 24.3 Å². The predicted molar refractivity (Wildman–Crippen MR) is 63.1 cm³/mol. The number of nitrogens with two attached hydrogens (primary N) is 1. The number of nitrogens with one attached hydrogen (secondary N) is 2. The largest absolute Gasteiger partial charge is 0.337 e. The van der Waals surface area contributed by atoms with Gasteiger partial charge in [-0.2, -0.15) is 0 Å². The molecule has 0 bridgehead atoms. The summed E-state index contributed by atoms with van der Waals surface area (Å²) in [6.07, 6.45) is 0. The van der Waals surface area contributed by atoms with Gasteiger partial charge in [-0.1, -0.05) is 31.2 Å². The highest BCUT2D eigenvalue weighted by Crippen LogP contribution is 2.24. The summed E-state index contributed by atoms with van der Waals surface area (Å²) in [6, 6.07) is 8.13. The van der Waals surface area contributed by atoms with Crippen molar-refractivity contribution in [3.05, 3.63) is 35.4 Å². The Morgan fingerprint density at radius 3 is 2.69 bits per heavy atom. The topological polar surface area (TPSA) is 67.1 Å². The van der Waals surface area contributed by atoms with Gasteiger partial charge in [-0.15, -0.1) is 0 Å². The van der Waals surface area contributed by atoms with Crippen LogP contribution in [0.25, 0.3) is 0 Å². The molecule has 0 unspecified atom stereocenters. The van der Waals surface area contributed by atoms with E-state index >= 15 is 0 Å². The molecular weight excluding hydrogens is 202 g/mol. The predicted octanol–water partition coefficient (Wildman–Crippen LogP) is 0.716. The molecule has 0 saturated carbocycles. The normalized spacial score (nSPS) is 18.8. The van der Waals surface area contributed by atoms with Gasteiger partial charge in [0.15, 0.2) is 0 Å². The van der Waals surface area contributed by atoms with Crippen molar-refractivity contribution in [3.63, 3.8) is 0 Å². The van der Waals surface area contributed by atoms with Crippen LogP contribution in [0.5, 0.6) is 0 Å². The molecule has 1 aromatic carbocycles. The van der Waals surface area contributed by atoms with Gasteiger partial charge in [0.1, 0.15) is 0 Å². The summed E-state index contributed by atoms with van der Waals surface area (Å²) in [6.45, 7) is 4.00. The fraction of sp³-hybridized carbons (Fsp3) is 0.417. The molecule has 4 nitrogen and oxygen atoms in total. The summed E-state index contributed by atoms with van der Waals surface area (Å²) in [4.78, 5) is 11.1. The maximum absolute atomic E-state index is 11.1. The second-order valence-electron chi connectivity index (χ2n) is 4.50. The molecule has 1 saturated heterocycles. The molecule has 2 rings (SSSR count). The first-order valence-corrected chi connectivity index (χ1v) is 5.45. The van der Waals surface area contributed by atoms with Crippen LogP contribution in [-0.4, -0.2) is 19.1 Å². The number of urea groups is 1. The smallest absolute Gasteiger partial charge is 0.314 e. The average Bonchev–Trinajstić information content (AvgIpc) is 2.33. The van der Waals surface area contributed by atoms with Gasteiger partial charge >= 0.3 is 6.03 Å². The molecule has 4 N–H and O–H groups in total. The van der Waals surface area contributed by atoms with Gasteiger partial charge in [-0.25, -0.2) is 4.79 Å². The highest BCUT2D eigenvalue weighted by Gasteiger charge is 2.31. The Labute approximate surface area is 95.2 Å². The number of amides is 2. The highest BCUT2D eigenvalue weighted by atomic mass is 16.2. The molecule has 1 heterocycles. The van der Waals surface area contributed by atoms with Crippen LogP contribution >= 0.6 is 0 Å². The third kappa shape index (κ3) is 2.02. The van der Waals surface area contributed by atoms with Crippen LogP contribution in [0.1, 0.15) is 18.1 Å². The van der Waals surface area contributed by atoms with Crippen molar-refractivity contribution in [2.24, 2.45) is 5.73 Å². The lowest BCUT2D eigenvalue weighted by molar-refractivity contribution is 0.225. The average molecular weight is 219 g/mol. The molecule has 86 valence electrons. The maximum atomic E-state index is 11.1. The molecule has 2 amide bonds. The van der Waals surface area contributed by atoms with Crippen LogP contribution < -0.4 is 16.4 Å². The Hall–Kier alpha value is -1.55. The second kappa shape index (κ2) is 4.14. The van der Waals surface area contributed by atoms with Crippen molar-refractivity contribution in [2.45, 2.75) is 18.9 Å². The fourth-order valence-corrected chi connectivity index (χ4v) is 1.95. The molecule has 1 aliphatic rings. The number of hydrogen-bond acceptors (Lipinski definition) is 2. The first-order valence-electron chi connectivity index (χ1n) is 5.45. The van der Waals surface area contributed by atoms with Crippen molar-refractivity contribution in [1.82, 2.24) is 10.6 Å². The molecule has 0 atom stereocenters. The zero-order valence-corrected chi connectivity index (χ0v) is 9.42. The van der Waals surface area contributed by atoms with E-state index in [-0.39, 0.29) is 11.4 Å². The van der Waals surface area contributed by atoms with Crippen molar-refractivity contribution in [1.29, 1.82) is 0 Å². The highest BCUT2D eigenvalue weighted by molar-refractivity contribution is 5.75. The molecule has 0 aliphatic carbocycles. The Morgan fingerprint density at radius 1 is 1.38 bits per heavy atom. The monoisotopic (exact) mass is 219 g/mol. The number of benzene rings is 1. The van der Waals surface area contributed by atoms with E-state index in [1.54, 1.807) is 0 Å². The molecular formula is C12H17N3O. The first kappa shape index (κ1) is 11.0. The van der Waals surface area contributed by atoms with Gasteiger partial charge in [-0.05, 0) is 11.1 Å². The first-order chi connectivity index (χ1) is 7.64. The molecule has 1 aliphatic heterocycles. The van der Waals surface area contributed by atoms with Crippen LogP contribution in [0.2, 0.25) is 0 Å². The Balaban J connectivity index is 2.25. The molecule has 4 heteroatoms. The zero-order valence-electron chi connectivity index (χ0n) is 9.42. The van der Waals surface area contributed by atoms with E-state index in [0.29, 0.717) is 19.6 Å². The molecule has 1 fully saturated rings. The second-order valence-corrected chi connectivity index (χ2v) is 4.50. The number of hydrogen-bond donors (Lipinski definition) is 3. The fourth-order valence-electron chi connectivity index (χ4n) is 1.95. The molecule has 16 heavy (non-hydrogen) atoms. The van der Waals surface area contributed by atoms with Crippen LogP contribution in [0.4, 0.5) is 4.79 Å². The van der Waals surface area contributed by atoms with E-state index in [9.17, 15) is 4.79 Å². The summed E-state index contributed by atoms with van der Waals surface area (Å²) in [7, 11) is 0. The minimum Gasteiger partial charge on any atom is -0.337 e. The Bertz CT molecular complexity index is 393. The van der Waals surface area contributed by atoms with Crippen molar-refractivity contribution in [2.75, 3.05) is 13.1 Å². The van der Waals surface area contributed by atoms with Gasteiger partial charge in [0.2, 0.25) is 0 Å². The van der Waals surface area contributed by atoms with Crippen LogP contribution in [0.3, 0.4) is 0 Å². The van der Waals surface area contributed by atoms with Crippen LogP contribution in [-0.2, 0) is 12.0 Å². The summed E-state index contributed by atoms with van der Waals surface area (Å²) in [5.74, 6) is 0. The van der Waals surface area contributed by atoms with Crippen molar-refractivity contribution >= 4 is 6.03 Å². The lowest BCUT2D eigenvalue weighted by atomic mass is 9.80. The summed E-state index contributed by atoms with van der Waals surface area (Å²) >= 11 is 0. The zero-order chi connectivity index (χ0) is 11.6. The minimum absolute atomic E-state index is 0.0565. The third-order valence-corrected chi connectivity index (χ3v) is 3.14. The van der Waals surface area contributed by atoms with Gasteiger partial charge in [0, 0.05) is 25.0 Å². The van der Waals surface area contributed by atoms with Gasteiger partial charge in [0.05, 0.1) is 0 Å². The quantitative estimate of drug-likeness (QED) is 0.686. The van der Waals surface area contributed by atoms with E-state index in [1.807, 2.05) is 12.1 Å². The number of carbonyl (C=O) groups is 1. The number of carbonyl (C=O) groups excluding carboxylic acids is 1. The number of rotatable bonds is 2. The minimum atomic E-state index is -0.0903. The standard InChI is InChI=1S/C12H17N3O/c1-12(7-14-11(16)15-8-12)10-4-2-3-9(5-10)6-13/h2-5H,6-8,13H2,1H3,(H2,14,15,16). The van der Waals surface area contributed by atoms with Gasteiger partial charge in [-0.3, -0.25) is 0 Å². The molecule has 1 aromatic rings.